The largest absolute Gasteiger partial charge is 0.392 e. The molecule has 0 bridgehead atoms. The van der Waals surface area contributed by atoms with E-state index in [2.05, 4.69) is 49.1 Å². The predicted molar refractivity (Wildman–Crippen MR) is 72.3 cm³/mol. The third-order valence-corrected chi connectivity index (χ3v) is 3.30. The molecule has 1 heterocycles. The van der Waals surface area contributed by atoms with Crippen LogP contribution in [0.3, 0.4) is 0 Å². The number of nitrogens with one attached hydrogen (secondary N) is 1. The van der Waals surface area contributed by atoms with E-state index in [9.17, 15) is 5.11 Å². The van der Waals surface area contributed by atoms with Crippen LogP contribution in [0.4, 0.5) is 0 Å². The highest BCUT2D eigenvalue weighted by molar-refractivity contribution is 9.11. The Kier molecular flexibility index (Phi) is 6.49. The van der Waals surface area contributed by atoms with Crippen molar-refractivity contribution in [3.8, 4) is 0 Å². The van der Waals surface area contributed by atoms with Gasteiger partial charge in [-0.05, 0) is 44.3 Å². The molecule has 5 heteroatoms. The monoisotopic (exact) mass is 350 g/mol. The van der Waals surface area contributed by atoms with E-state index in [0.717, 1.165) is 27.5 Å². The van der Waals surface area contributed by atoms with Crippen molar-refractivity contribution in [2.45, 2.75) is 32.4 Å². The van der Waals surface area contributed by atoms with Crippen LogP contribution in [0.25, 0.3) is 0 Å². The van der Waals surface area contributed by atoms with Gasteiger partial charge in [-0.1, -0.05) is 13.3 Å². The number of aromatic nitrogens is 1. The fraction of sp³-hybridized carbons (Fsp3) is 0.545. The molecule has 0 aliphatic heterocycles. The van der Waals surface area contributed by atoms with Crippen molar-refractivity contribution < 1.29 is 5.11 Å². The minimum Gasteiger partial charge on any atom is -0.392 e. The molecule has 0 aliphatic carbocycles. The molecular weight excluding hydrogens is 336 g/mol. The van der Waals surface area contributed by atoms with Crippen LogP contribution in [0.1, 0.15) is 25.5 Å². The topological polar surface area (TPSA) is 45.1 Å². The minimum absolute atomic E-state index is 0.265. The van der Waals surface area contributed by atoms with Crippen molar-refractivity contribution in [1.29, 1.82) is 0 Å². The zero-order chi connectivity index (χ0) is 12.0. The number of nitrogens with zero attached hydrogens (tertiary/aromatic N) is 1. The second-order valence-electron chi connectivity index (χ2n) is 3.66. The Morgan fingerprint density at radius 3 is 2.88 bits per heavy atom. The van der Waals surface area contributed by atoms with Crippen molar-refractivity contribution in [1.82, 2.24) is 10.3 Å². The van der Waals surface area contributed by atoms with Gasteiger partial charge in [-0.15, -0.1) is 0 Å². The molecule has 1 atom stereocenters. The van der Waals surface area contributed by atoms with E-state index in [-0.39, 0.29) is 6.10 Å². The normalized spacial score (nSPS) is 12.8. The predicted octanol–water partition coefficient (Wildman–Crippen LogP) is 2.86. The smallest absolute Gasteiger partial charge is 0.0684 e. The first-order valence-corrected chi connectivity index (χ1v) is 6.90. The number of hydrogen-bond donors (Lipinski definition) is 2. The van der Waals surface area contributed by atoms with Crippen molar-refractivity contribution in [2.24, 2.45) is 0 Å². The van der Waals surface area contributed by atoms with Crippen LogP contribution in [0.2, 0.25) is 0 Å². The molecule has 1 aromatic heterocycles. The number of aliphatic hydroxyl groups is 1. The van der Waals surface area contributed by atoms with E-state index < -0.39 is 0 Å². The molecule has 0 spiro atoms. The molecule has 2 N–H and O–H groups in total. The molecule has 3 nitrogen and oxygen atoms in total. The van der Waals surface area contributed by atoms with Crippen LogP contribution in [0.15, 0.2) is 21.2 Å². The van der Waals surface area contributed by atoms with E-state index in [1.807, 2.05) is 6.07 Å². The van der Waals surface area contributed by atoms with Gasteiger partial charge in [-0.3, -0.25) is 4.98 Å². The lowest BCUT2D eigenvalue weighted by atomic mass is 10.2. The minimum atomic E-state index is -0.265. The summed E-state index contributed by atoms with van der Waals surface area (Å²) in [6.07, 6.45) is 3.34. The highest BCUT2D eigenvalue weighted by atomic mass is 79.9. The fourth-order valence-electron chi connectivity index (χ4n) is 1.37. The molecule has 0 aromatic carbocycles. The zero-order valence-electron chi connectivity index (χ0n) is 9.21. The van der Waals surface area contributed by atoms with Gasteiger partial charge in [0, 0.05) is 28.2 Å². The third-order valence-electron chi connectivity index (χ3n) is 2.18. The molecule has 0 aliphatic rings. The summed E-state index contributed by atoms with van der Waals surface area (Å²) in [6.45, 7) is 3.34. The molecule has 16 heavy (non-hydrogen) atoms. The summed E-state index contributed by atoms with van der Waals surface area (Å²) in [6, 6.07) is 1.96. The first-order valence-electron chi connectivity index (χ1n) is 5.32. The van der Waals surface area contributed by atoms with Crippen molar-refractivity contribution in [3.05, 3.63) is 26.9 Å². The Bertz CT molecular complexity index is 334. The lowest BCUT2D eigenvalue weighted by Gasteiger charge is -2.11. The number of halogens is 2. The van der Waals surface area contributed by atoms with Gasteiger partial charge in [0.05, 0.1) is 11.8 Å². The second-order valence-corrected chi connectivity index (χ2v) is 5.43. The summed E-state index contributed by atoms with van der Waals surface area (Å²) in [4.78, 5) is 4.28. The molecule has 1 rings (SSSR count). The summed E-state index contributed by atoms with van der Waals surface area (Å²) >= 11 is 6.81. The summed E-state index contributed by atoms with van der Waals surface area (Å²) < 4.78 is 1.92. The molecule has 1 aromatic rings. The fourth-order valence-corrected chi connectivity index (χ4v) is 2.49. The van der Waals surface area contributed by atoms with Crippen LogP contribution in [-0.4, -0.2) is 22.7 Å². The van der Waals surface area contributed by atoms with Crippen LogP contribution in [0, 0.1) is 0 Å². The van der Waals surface area contributed by atoms with Gasteiger partial charge >= 0.3 is 0 Å². The van der Waals surface area contributed by atoms with Gasteiger partial charge in [-0.25, -0.2) is 0 Å². The zero-order valence-corrected chi connectivity index (χ0v) is 12.4. The maximum absolute atomic E-state index is 9.54. The Morgan fingerprint density at radius 1 is 1.50 bits per heavy atom. The molecule has 0 radical (unpaired) electrons. The summed E-state index contributed by atoms with van der Waals surface area (Å²) in [5, 5.41) is 12.7. The lowest BCUT2D eigenvalue weighted by molar-refractivity contribution is 0.160. The Balaban J connectivity index is 2.37. The van der Waals surface area contributed by atoms with Crippen LogP contribution in [-0.2, 0) is 6.54 Å². The second kappa shape index (κ2) is 7.37. The van der Waals surface area contributed by atoms with Crippen LogP contribution in [0.5, 0.6) is 0 Å². The first-order chi connectivity index (χ1) is 7.63. The van der Waals surface area contributed by atoms with E-state index in [4.69, 9.17) is 0 Å². The maximum Gasteiger partial charge on any atom is 0.0684 e. The van der Waals surface area contributed by atoms with Gasteiger partial charge in [0.1, 0.15) is 0 Å². The van der Waals surface area contributed by atoms with Gasteiger partial charge < -0.3 is 10.4 Å². The Morgan fingerprint density at radius 2 is 2.25 bits per heavy atom. The molecular formula is C11H16Br2N2O. The average molecular weight is 352 g/mol. The molecule has 0 amide bonds. The quantitative estimate of drug-likeness (QED) is 0.828. The average Bonchev–Trinajstić information content (AvgIpc) is 2.22. The van der Waals surface area contributed by atoms with E-state index in [1.54, 1.807) is 6.20 Å². The van der Waals surface area contributed by atoms with Gasteiger partial charge in [0.25, 0.3) is 0 Å². The van der Waals surface area contributed by atoms with Gasteiger partial charge in [0.15, 0.2) is 0 Å². The highest BCUT2D eigenvalue weighted by Crippen LogP contribution is 2.19. The molecule has 90 valence electrons. The summed E-state index contributed by atoms with van der Waals surface area (Å²) in [5.41, 5.74) is 0.951. The lowest BCUT2D eigenvalue weighted by Crippen LogP contribution is -2.26. The van der Waals surface area contributed by atoms with E-state index in [1.165, 1.54) is 0 Å². The van der Waals surface area contributed by atoms with Crippen LogP contribution >= 0.6 is 31.9 Å². The maximum atomic E-state index is 9.54. The van der Waals surface area contributed by atoms with Crippen molar-refractivity contribution >= 4 is 31.9 Å². The number of hydrogen-bond acceptors (Lipinski definition) is 3. The highest BCUT2D eigenvalue weighted by Gasteiger charge is 2.04. The SMILES string of the molecule is CCCC(O)CNCc1ncc(Br)cc1Br. The van der Waals surface area contributed by atoms with Gasteiger partial charge in [0.2, 0.25) is 0 Å². The van der Waals surface area contributed by atoms with Crippen LogP contribution < -0.4 is 5.32 Å². The standard InChI is InChI=1S/C11H16Br2N2O/c1-2-3-9(16)6-14-7-11-10(13)4-8(12)5-15-11/h4-5,9,14,16H,2-3,6-7H2,1H3. The van der Waals surface area contributed by atoms with E-state index in [0.29, 0.717) is 13.1 Å². The van der Waals surface area contributed by atoms with Gasteiger partial charge in [-0.2, -0.15) is 0 Å². The Hall–Kier alpha value is 0.0300. The van der Waals surface area contributed by atoms with E-state index >= 15 is 0 Å². The number of pyridine rings is 1. The third kappa shape index (κ3) is 4.91. The first kappa shape index (κ1) is 14.1. The molecule has 0 saturated carbocycles. The molecule has 0 saturated heterocycles. The molecule has 0 fully saturated rings. The number of rotatable bonds is 6. The van der Waals surface area contributed by atoms with Crippen molar-refractivity contribution in [3.63, 3.8) is 0 Å². The summed E-state index contributed by atoms with van der Waals surface area (Å²) in [5.74, 6) is 0. The Labute approximate surface area is 113 Å². The summed E-state index contributed by atoms with van der Waals surface area (Å²) in [7, 11) is 0. The van der Waals surface area contributed by atoms with Crippen molar-refractivity contribution in [2.75, 3.05) is 6.54 Å². The molecule has 1 unspecified atom stereocenters. The number of aliphatic hydroxyl groups excluding tert-OH is 1.